The first-order chi connectivity index (χ1) is 9.22. The molecule has 4 nitrogen and oxygen atoms in total. The smallest absolute Gasteiger partial charge is 0.137 e. The first kappa shape index (κ1) is 12.6. The Labute approximate surface area is 114 Å². The highest BCUT2D eigenvalue weighted by Crippen LogP contribution is 2.13. The molecule has 1 atom stereocenters. The molecule has 1 fully saturated rings. The van der Waals surface area contributed by atoms with E-state index in [0.717, 1.165) is 31.0 Å². The summed E-state index contributed by atoms with van der Waals surface area (Å²) in [6.45, 7) is 5.30. The summed E-state index contributed by atoms with van der Waals surface area (Å²) in [6, 6.07) is 4.84. The van der Waals surface area contributed by atoms with Gasteiger partial charge < -0.3 is 9.72 Å². The van der Waals surface area contributed by atoms with Crippen LogP contribution in [0.3, 0.4) is 0 Å². The first-order valence-electron chi connectivity index (χ1n) is 7.07. The highest BCUT2D eigenvalue weighted by molar-refractivity contribution is 5.41. The van der Waals surface area contributed by atoms with Gasteiger partial charge in [-0.1, -0.05) is 6.07 Å². The van der Waals surface area contributed by atoms with E-state index in [0.29, 0.717) is 6.04 Å². The summed E-state index contributed by atoms with van der Waals surface area (Å²) in [5.41, 5.74) is 3.45. The summed E-state index contributed by atoms with van der Waals surface area (Å²) in [6.07, 6.45) is 6.85. The molecular formula is C15H22N4. The van der Waals surface area contributed by atoms with Crippen LogP contribution in [0.25, 0.3) is 5.65 Å². The van der Waals surface area contributed by atoms with Crippen LogP contribution in [0.15, 0.2) is 24.5 Å². The molecule has 2 aromatic rings. The number of piperidine rings is 1. The fourth-order valence-electron chi connectivity index (χ4n) is 2.83. The minimum atomic E-state index is 0.639. The molecule has 0 aliphatic carbocycles. The van der Waals surface area contributed by atoms with Crippen molar-refractivity contribution in [1.29, 1.82) is 0 Å². The zero-order valence-corrected chi connectivity index (χ0v) is 11.8. The molecule has 1 N–H and O–H groups in total. The lowest BCUT2D eigenvalue weighted by molar-refractivity contribution is 0.194. The third-order valence-corrected chi connectivity index (χ3v) is 3.95. The Morgan fingerprint density at radius 3 is 3.11 bits per heavy atom. The number of imidazole rings is 1. The molecule has 4 heteroatoms. The molecule has 0 saturated carbocycles. The molecule has 1 saturated heterocycles. The zero-order valence-electron chi connectivity index (χ0n) is 11.8. The highest BCUT2D eigenvalue weighted by atomic mass is 15.2. The van der Waals surface area contributed by atoms with Gasteiger partial charge in [-0.05, 0) is 45.0 Å². The van der Waals surface area contributed by atoms with E-state index in [4.69, 9.17) is 0 Å². The average Bonchev–Trinajstić information content (AvgIpc) is 2.81. The van der Waals surface area contributed by atoms with Gasteiger partial charge in [0.25, 0.3) is 0 Å². The van der Waals surface area contributed by atoms with Crippen LogP contribution in [0.1, 0.15) is 24.1 Å². The van der Waals surface area contributed by atoms with Crippen molar-refractivity contribution in [2.75, 3.05) is 20.1 Å². The maximum absolute atomic E-state index is 4.69. The molecule has 1 aliphatic heterocycles. The van der Waals surface area contributed by atoms with E-state index in [1.807, 2.05) is 0 Å². The van der Waals surface area contributed by atoms with Gasteiger partial charge in [-0.15, -0.1) is 0 Å². The largest absolute Gasteiger partial charge is 0.315 e. The minimum absolute atomic E-state index is 0.639. The molecule has 1 aliphatic rings. The predicted octanol–water partition coefficient (Wildman–Crippen LogP) is 1.83. The zero-order chi connectivity index (χ0) is 13.2. The maximum atomic E-state index is 4.69. The number of hydrogen-bond donors (Lipinski definition) is 1. The number of rotatable bonds is 3. The van der Waals surface area contributed by atoms with Gasteiger partial charge in [-0.2, -0.15) is 0 Å². The van der Waals surface area contributed by atoms with E-state index < -0.39 is 0 Å². The van der Waals surface area contributed by atoms with Crippen LogP contribution in [0.4, 0.5) is 0 Å². The van der Waals surface area contributed by atoms with Gasteiger partial charge in [-0.3, -0.25) is 4.90 Å². The number of nitrogens with zero attached hydrogens (tertiary/aromatic N) is 3. The van der Waals surface area contributed by atoms with Crippen molar-refractivity contribution >= 4 is 5.65 Å². The van der Waals surface area contributed by atoms with Crippen LogP contribution in [0.2, 0.25) is 0 Å². The molecule has 0 amide bonds. The summed E-state index contributed by atoms with van der Waals surface area (Å²) >= 11 is 0. The first-order valence-corrected chi connectivity index (χ1v) is 7.07. The summed E-state index contributed by atoms with van der Waals surface area (Å²) in [4.78, 5) is 7.11. The van der Waals surface area contributed by atoms with Gasteiger partial charge in [0, 0.05) is 31.5 Å². The predicted molar refractivity (Wildman–Crippen MR) is 77.3 cm³/mol. The Morgan fingerprint density at radius 2 is 2.32 bits per heavy atom. The molecule has 102 valence electrons. The topological polar surface area (TPSA) is 32.6 Å². The number of fused-ring (bicyclic) bond motifs is 1. The number of aromatic nitrogens is 2. The Hall–Kier alpha value is -1.39. The lowest BCUT2D eigenvalue weighted by Crippen LogP contribution is -2.43. The van der Waals surface area contributed by atoms with Gasteiger partial charge in [0.05, 0.1) is 5.69 Å². The van der Waals surface area contributed by atoms with Crippen molar-refractivity contribution in [3.8, 4) is 0 Å². The minimum Gasteiger partial charge on any atom is -0.315 e. The quantitative estimate of drug-likeness (QED) is 0.911. The van der Waals surface area contributed by atoms with Crippen molar-refractivity contribution in [2.24, 2.45) is 0 Å². The second-order valence-electron chi connectivity index (χ2n) is 5.62. The average molecular weight is 258 g/mol. The molecule has 1 unspecified atom stereocenters. The van der Waals surface area contributed by atoms with Gasteiger partial charge in [0.1, 0.15) is 5.65 Å². The molecule has 19 heavy (non-hydrogen) atoms. The number of hydrogen-bond acceptors (Lipinski definition) is 3. The number of likely N-dealkylation sites (N-methyl/N-ethyl adjacent to an activating group) is 1. The third-order valence-electron chi connectivity index (χ3n) is 3.95. The van der Waals surface area contributed by atoms with Crippen molar-refractivity contribution < 1.29 is 0 Å². The molecule has 2 aromatic heterocycles. The molecule has 0 aromatic carbocycles. The second kappa shape index (κ2) is 5.31. The Balaban J connectivity index is 1.73. The summed E-state index contributed by atoms with van der Waals surface area (Å²) < 4.78 is 2.12. The fourth-order valence-corrected chi connectivity index (χ4v) is 2.83. The molecule has 0 radical (unpaired) electrons. The molecule has 0 bridgehead atoms. The van der Waals surface area contributed by atoms with Crippen LogP contribution in [0.5, 0.6) is 0 Å². The van der Waals surface area contributed by atoms with Gasteiger partial charge >= 0.3 is 0 Å². The number of nitrogens with one attached hydrogen (secondary N) is 1. The molecular weight excluding hydrogens is 236 g/mol. The van der Waals surface area contributed by atoms with E-state index in [2.05, 4.69) is 58.1 Å². The van der Waals surface area contributed by atoms with E-state index >= 15 is 0 Å². The van der Waals surface area contributed by atoms with Crippen molar-refractivity contribution in [2.45, 2.75) is 32.4 Å². The van der Waals surface area contributed by atoms with Crippen molar-refractivity contribution in [1.82, 2.24) is 19.6 Å². The van der Waals surface area contributed by atoms with E-state index in [-0.39, 0.29) is 0 Å². The summed E-state index contributed by atoms with van der Waals surface area (Å²) in [7, 11) is 2.20. The van der Waals surface area contributed by atoms with Crippen molar-refractivity contribution in [3.05, 3.63) is 35.8 Å². The number of aryl methyl sites for hydroxylation is 1. The van der Waals surface area contributed by atoms with Crippen LogP contribution in [0, 0.1) is 6.92 Å². The lowest BCUT2D eigenvalue weighted by atomic mass is 10.1. The summed E-state index contributed by atoms with van der Waals surface area (Å²) in [5.74, 6) is 0. The number of pyridine rings is 1. The van der Waals surface area contributed by atoms with Gasteiger partial charge in [0.15, 0.2) is 0 Å². The van der Waals surface area contributed by atoms with Gasteiger partial charge in [0.2, 0.25) is 0 Å². The Bertz CT molecular complexity index is 554. The molecule has 3 rings (SSSR count). The SMILES string of the molecule is Cc1ccc2nc(CN(C)C3CCCNC3)cn2c1. The van der Waals surface area contributed by atoms with Crippen LogP contribution in [-0.4, -0.2) is 40.5 Å². The molecule has 0 spiro atoms. The summed E-state index contributed by atoms with van der Waals surface area (Å²) in [5, 5.41) is 3.47. The Kier molecular flexibility index (Phi) is 3.53. The maximum Gasteiger partial charge on any atom is 0.137 e. The van der Waals surface area contributed by atoms with Crippen LogP contribution >= 0.6 is 0 Å². The van der Waals surface area contributed by atoms with E-state index in [1.165, 1.54) is 18.4 Å². The highest BCUT2D eigenvalue weighted by Gasteiger charge is 2.18. The molecule has 3 heterocycles. The standard InChI is InChI=1S/C15H22N4/c1-12-5-6-15-17-13(11-19(15)9-12)10-18(2)14-4-3-7-16-8-14/h5-6,9,11,14,16H,3-4,7-8,10H2,1-2H3. The van der Waals surface area contributed by atoms with Gasteiger partial charge in [-0.25, -0.2) is 4.98 Å². The lowest BCUT2D eigenvalue weighted by Gasteiger charge is -2.31. The fraction of sp³-hybridized carbons (Fsp3) is 0.533. The second-order valence-corrected chi connectivity index (χ2v) is 5.62. The van der Waals surface area contributed by atoms with Crippen LogP contribution in [-0.2, 0) is 6.54 Å². The normalized spacial score (nSPS) is 20.3. The third kappa shape index (κ3) is 2.80. The Morgan fingerprint density at radius 1 is 1.42 bits per heavy atom. The van der Waals surface area contributed by atoms with E-state index in [1.54, 1.807) is 0 Å². The monoisotopic (exact) mass is 258 g/mol. The van der Waals surface area contributed by atoms with Crippen molar-refractivity contribution in [3.63, 3.8) is 0 Å². The van der Waals surface area contributed by atoms with Crippen LogP contribution < -0.4 is 5.32 Å². The van der Waals surface area contributed by atoms with E-state index in [9.17, 15) is 0 Å².